The van der Waals surface area contributed by atoms with E-state index in [9.17, 15) is 9.59 Å². The Labute approximate surface area is 179 Å². The minimum absolute atomic E-state index is 0.0144. The van der Waals surface area contributed by atoms with Crippen LogP contribution in [0, 0.1) is 5.92 Å². The van der Waals surface area contributed by atoms with Crippen LogP contribution in [-0.2, 0) is 14.3 Å². The molecule has 0 bridgehead atoms. The van der Waals surface area contributed by atoms with Gasteiger partial charge in [0.2, 0.25) is 0 Å². The van der Waals surface area contributed by atoms with Crippen molar-refractivity contribution >= 4 is 17.5 Å². The van der Waals surface area contributed by atoms with E-state index in [1.54, 1.807) is 0 Å². The third-order valence-electron chi connectivity index (χ3n) is 5.73. The maximum Gasteiger partial charge on any atom is 0.336 e. The Morgan fingerprint density at radius 1 is 1.17 bits per heavy atom. The number of hydrogen-bond acceptors (Lipinski definition) is 5. The van der Waals surface area contributed by atoms with Gasteiger partial charge in [-0.1, -0.05) is 38.0 Å². The fourth-order valence-corrected chi connectivity index (χ4v) is 4.41. The molecule has 1 aromatic carbocycles. The third-order valence-corrected chi connectivity index (χ3v) is 5.73. The zero-order chi connectivity index (χ0) is 21.7. The van der Waals surface area contributed by atoms with E-state index < -0.39 is 11.8 Å². The van der Waals surface area contributed by atoms with Crippen molar-refractivity contribution in [1.82, 2.24) is 0 Å². The molecule has 0 saturated heterocycles. The standard InChI is InChI=1S/C25H33NO4/c1-5-6-9-15-29-25(28)22-17(4)26-19-12-10-13-20(27)24(19)23(22)18-11-7-8-14-21(18)30-16(2)3/h7-8,11,14,16,23-24H,5-6,9-10,12-13,15H2,1-4H3/t23-,24-/m1/s1. The average Bonchev–Trinajstić information content (AvgIpc) is 2.70. The highest BCUT2D eigenvalue weighted by molar-refractivity contribution is 6.11. The first kappa shape index (κ1) is 22.3. The van der Waals surface area contributed by atoms with Crippen molar-refractivity contribution in [2.24, 2.45) is 10.9 Å². The van der Waals surface area contributed by atoms with Gasteiger partial charge < -0.3 is 9.47 Å². The maximum absolute atomic E-state index is 13.2. The van der Waals surface area contributed by atoms with E-state index in [0.717, 1.165) is 43.4 Å². The zero-order valence-electron chi connectivity index (χ0n) is 18.6. The molecular weight excluding hydrogens is 378 g/mol. The Morgan fingerprint density at radius 2 is 1.93 bits per heavy atom. The van der Waals surface area contributed by atoms with Gasteiger partial charge in [0.05, 0.1) is 24.2 Å². The van der Waals surface area contributed by atoms with Gasteiger partial charge >= 0.3 is 5.97 Å². The van der Waals surface area contributed by atoms with Crippen LogP contribution in [0.3, 0.4) is 0 Å². The van der Waals surface area contributed by atoms with Crippen molar-refractivity contribution in [2.75, 3.05) is 6.61 Å². The molecule has 1 aliphatic heterocycles. The number of ketones is 1. The normalized spacial score (nSPS) is 21.4. The monoisotopic (exact) mass is 411 g/mol. The van der Waals surface area contributed by atoms with Crippen LogP contribution in [0.25, 0.3) is 0 Å². The average molecular weight is 412 g/mol. The predicted molar refractivity (Wildman–Crippen MR) is 118 cm³/mol. The molecular formula is C25H33NO4. The van der Waals surface area contributed by atoms with Crippen LogP contribution in [0.5, 0.6) is 5.75 Å². The summed E-state index contributed by atoms with van der Waals surface area (Å²) in [5.74, 6) is -0.347. The van der Waals surface area contributed by atoms with Crippen LogP contribution < -0.4 is 4.74 Å². The Balaban J connectivity index is 2.04. The van der Waals surface area contributed by atoms with Crippen molar-refractivity contribution in [1.29, 1.82) is 0 Å². The summed E-state index contributed by atoms with van der Waals surface area (Å²) in [6.07, 6.45) is 5.02. The largest absolute Gasteiger partial charge is 0.491 e. The van der Waals surface area contributed by atoms with Gasteiger partial charge in [0.15, 0.2) is 0 Å². The van der Waals surface area contributed by atoms with E-state index in [1.165, 1.54) is 0 Å². The summed E-state index contributed by atoms with van der Waals surface area (Å²) in [5.41, 5.74) is 2.89. The second-order valence-electron chi connectivity index (χ2n) is 8.42. The maximum atomic E-state index is 13.2. The van der Waals surface area contributed by atoms with Gasteiger partial charge in [-0.2, -0.15) is 0 Å². The molecule has 30 heavy (non-hydrogen) atoms. The molecule has 3 rings (SSSR count). The van der Waals surface area contributed by atoms with E-state index >= 15 is 0 Å². The first-order valence-electron chi connectivity index (χ1n) is 11.2. The number of allylic oxidation sites excluding steroid dienone is 1. The van der Waals surface area contributed by atoms with E-state index in [2.05, 4.69) is 6.92 Å². The SMILES string of the molecule is CCCCCOC(=O)C1=C(C)N=C2CCCC(=O)[C@@H]2[C@@H]1c1ccccc1OC(C)C. The summed E-state index contributed by atoms with van der Waals surface area (Å²) in [6.45, 7) is 8.29. The second-order valence-corrected chi connectivity index (χ2v) is 8.42. The van der Waals surface area contributed by atoms with Crippen LogP contribution in [0.1, 0.15) is 77.7 Å². The van der Waals surface area contributed by atoms with Gasteiger partial charge in [-0.05, 0) is 46.1 Å². The molecule has 1 heterocycles. The van der Waals surface area contributed by atoms with Crippen molar-refractivity contribution in [2.45, 2.75) is 78.2 Å². The molecule has 0 aromatic heterocycles. The van der Waals surface area contributed by atoms with Crippen LogP contribution in [-0.4, -0.2) is 30.2 Å². The highest BCUT2D eigenvalue weighted by Crippen LogP contribution is 2.45. The topological polar surface area (TPSA) is 65.0 Å². The smallest absolute Gasteiger partial charge is 0.336 e. The number of para-hydroxylation sites is 1. The van der Waals surface area contributed by atoms with E-state index in [4.69, 9.17) is 14.5 Å². The first-order chi connectivity index (χ1) is 14.4. The lowest BCUT2D eigenvalue weighted by Crippen LogP contribution is -2.39. The number of hydrogen-bond donors (Lipinski definition) is 0. The molecule has 1 aromatic rings. The van der Waals surface area contributed by atoms with Crippen LogP contribution in [0.15, 0.2) is 40.5 Å². The number of unbranched alkanes of at least 4 members (excludes halogenated alkanes) is 2. The fourth-order valence-electron chi connectivity index (χ4n) is 4.41. The minimum atomic E-state index is -0.419. The van der Waals surface area contributed by atoms with Gasteiger partial charge in [-0.3, -0.25) is 9.79 Å². The van der Waals surface area contributed by atoms with E-state index in [1.807, 2.05) is 45.0 Å². The molecule has 162 valence electrons. The third kappa shape index (κ3) is 4.82. The summed E-state index contributed by atoms with van der Waals surface area (Å²) < 4.78 is 11.7. The number of ether oxygens (including phenoxy) is 2. The number of carbonyl (C=O) groups excluding carboxylic acids is 2. The Kier molecular flexibility index (Phi) is 7.46. The summed E-state index contributed by atoms with van der Waals surface area (Å²) >= 11 is 0. The molecule has 0 radical (unpaired) electrons. The van der Waals surface area contributed by atoms with Crippen LogP contribution >= 0.6 is 0 Å². The zero-order valence-corrected chi connectivity index (χ0v) is 18.6. The Hall–Kier alpha value is -2.43. The lowest BCUT2D eigenvalue weighted by atomic mass is 9.69. The molecule has 1 fully saturated rings. The van der Waals surface area contributed by atoms with Gasteiger partial charge in [0.25, 0.3) is 0 Å². The number of aliphatic imine (C=N–C) groups is 1. The van der Waals surface area contributed by atoms with Gasteiger partial charge in [0.1, 0.15) is 11.5 Å². The van der Waals surface area contributed by atoms with Crippen LogP contribution in [0.4, 0.5) is 0 Å². The van der Waals surface area contributed by atoms with Crippen molar-refractivity contribution < 1.29 is 19.1 Å². The highest BCUT2D eigenvalue weighted by atomic mass is 16.5. The molecule has 5 heteroatoms. The Bertz CT molecular complexity index is 852. The molecule has 2 atom stereocenters. The first-order valence-corrected chi connectivity index (χ1v) is 11.2. The van der Waals surface area contributed by atoms with Gasteiger partial charge in [-0.25, -0.2) is 4.79 Å². The molecule has 0 unspecified atom stereocenters. The summed E-state index contributed by atoms with van der Waals surface area (Å²) in [6, 6.07) is 7.72. The number of fused-ring (bicyclic) bond motifs is 1. The number of carbonyl (C=O) groups is 2. The molecule has 0 N–H and O–H groups in total. The predicted octanol–water partition coefficient (Wildman–Crippen LogP) is 5.39. The molecule has 1 saturated carbocycles. The highest BCUT2D eigenvalue weighted by Gasteiger charge is 2.44. The Morgan fingerprint density at radius 3 is 2.67 bits per heavy atom. The molecule has 2 aliphatic rings. The van der Waals surface area contributed by atoms with Crippen molar-refractivity contribution in [3.63, 3.8) is 0 Å². The van der Waals surface area contributed by atoms with Crippen molar-refractivity contribution in [3.8, 4) is 5.75 Å². The summed E-state index contributed by atoms with van der Waals surface area (Å²) in [5, 5.41) is 0. The molecule has 0 amide bonds. The molecule has 5 nitrogen and oxygen atoms in total. The number of nitrogens with zero attached hydrogens (tertiary/aromatic N) is 1. The fraction of sp³-hybridized carbons (Fsp3) is 0.560. The lowest BCUT2D eigenvalue weighted by Gasteiger charge is -2.36. The molecule has 1 aliphatic carbocycles. The van der Waals surface area contributed by atoms with Gasteiger partial charge in [0, 0.05) is 29.3 Å². The second kappa shape index (κ2) is 10.1. The number of rotatable bonds is 8. The number of Topliss-reactive ketones (excluding diaryl/α,β-unsaturated/α-hetero) is 1. The minimum Gasteiger partial charge on any atom is -0.491 e. The summed E-state index contributed by atoms with van der Waals surface area (Å²) in [7, 11) is 0. The quantitative estimate of drug-likeness (QED) is 0.425. The van der Waals surface area contributed by atoms with Gasteiger partial charge in [-0.15, -0.1) is 0 Å². The number of benzene rings is 1. The van der Waals surface area contributed by atoms with E-state index in [0.29, 0.717) is 30.0 Å². The van der Waals surface area contributed by atoms with E-state index in [-0.39, 0.29) is 17.9 Å². The van der Waals surface area contributed by atoms with Crippen LogP contribution in [0.2, 0.25) is 0 Å². The van der Waals surface area contributed by atoms with Crippen molar-refractivity contribution in [3.05, 3.63) is 41.1 Å². The number of esters is 1. The molecule has 0 spiro atoms. The summed E-state index contributed by atoms with van der Waals surface area (Å²) in [4.78, 5) is 30.9. The lowest BCUT2D eigenvalue weighted by molar-refractivity contribution is -0.139.